The van der Waals surface area contributed by atoms with Gasteiger partial charge in [0.25, 0.3) is 0 Å². The fraction of sp³-hybridized carbons (Fsp3) is 0.444. The monoisotopic (exact) mass is 430 g/mol. The zero-order chi connectivity index (χ0) is 23.3. The van der Waals surface area contributed by atoms with Crippen molar-refractivity contribution < 1.29 is 9.31 Å². The van der Waals surface area contributed by atoms with E-state index in [1.165, 1.54) is 16.8 Å². The van der Waals surface area contributed by atoms with E-state index in [2.05, 4.69) is 109 Å². The molecule has 2 aromatic carbocycles. The van der Waals surface area contributed by atoms with Crippen molar-refractivity contribution in [2.45, 2.75) is 78.4 Å². The summed E-state index contributed by atoms with van der Waals surface area (Å²) in [6.07, 6.45) is 3.96. The van der Waals surface area contributed by atoms with Crippen molar-refractivity contribution in [3.63, 3.8) is 0 Å². The predicted octanol–water partition coefficient (Wildman–Crippen LogP) is 6.09. The number of para-hydroxylation sites is 1. The smallest absolute Gasteiger partial charge is 0.399 e. The third kappa shape index (κ3) is 3.93. The molecule has 1 aliphatic rings. The minimum absolute atomic E-state index is 0.347. The van der Waals surface area contributed by atoms with Crippen molar-refractivity contribution in [1.29, 1.82) is 0 Å². The van der Waals surface area contributed by atoms with Crippen LogP contribution in [0.3, 0.4) is 0 Å². The molecule has 1 aliphatic heterocycles. The summed E-state index contributed by atoms with van der Waals surface area (Å²) in [5.41, 5.74) is 5.33. The Morgan fingerprint density at radius 2 is 1.34 bits per heavy atom. The number of imidazole rings is 1. The second-order valence-corrected chi connectivity index (χ2v) is 10.4. The highest BCUT2D eigenvalue weighted by Crippen LogP contribution is 2.37. The topological polar surface area (TPSA) is 36.3 Å². The van der Waals surface area contributed by atoms with Crippen molar-refractivity contribution in [2.75, 3.05) is 0 Å². The minimum Gasteiger partial charge on any atom is -0.399 e. The van der Waals surface area contributed by atoms with E-state index < -0.39 is 0 Å². The molecule has 3 aromatic rings. The van der Waals surface area contributed by atoms with Crippen molar-refractivity contribution in [3.8, 4) is 17.1 Å². The van der Waals surface area contributed by atoms with Crippen LogP contribution in [0.2, 0.25) is 0 Å². The van der Waals surface area contributed by atoms with E-state index in [-0.39, 0.29) is 18.3 Å². The molecule has 0 aliphatic carbocycles. The van der Waals surface area contributed by atoms with Gasteiger partial charge in [0.15, 0.2) is 0 Å². The number of rotatable bonds is 5. The molecular weight excluding hydrogens is 395 g/mol. The molecule has 0 amide bonds. The SMILES string of the molecule is CC(C)c1cccc(C(C)C)c1-n1ccnc1-c1ccc(B2OC(C)(C)C(C)(C)O2)cc1. The van der Waals surface area contributed by atoms with Crippen molar-refractivity contribution >= 4 is 12.6 Å². The zero-order valence-electron chi connectivity index (χ0n) is 20.6. The Morgan fingerprint density at radius 1 is 0.812 bits per heavy atom. The number of hydrogen-bond acceptors (Lipinski definition) is 3. The normalized spacial score (nSPS) is 17.5. The Bertz CT molecular complexity index is 1050. The van der Waals surface area contributed by atoms with Crippen molar-refractivity contribution in [3.05, 3.63) is 66.0 Å². The van der Waals surface area contributed by atoms with Gasteiger partial charge in [-0.2, -0.15) is 0 Å². The Balaban J connectivity index is 1.72. The molecule has 32 heavy (non-hydrogen) atoms. The number of aromatic nitrogens is 2. The molecule has 0 radical (unpaired) electrons. The maximum atomic E-state index is 6.21. The Labute approximate surface area is 193 Å². The summed E-state index contributed by atoms with van der Waals surface area (Å²) in [5, 5.41) is 0. The van der Waals surface area contributed by atoms with Gasteiger partial charge in [-0.05, 0) is 56.1 Å². The first kappa shape index (κ1) is 22.8. The van der Waals surface area contributed by atoms with E-state index in [4.69, 9.17) is 14.3 Å². The van der Waals surface area contributed by atoms with Crippen molar-refractivity contribution in [2.24, 2.45) is 0 Å². The summed E-state index contributed by atoms with van der Waals surface area (Å²) in [7, 11) is -0.358. The van der Waals surface area contributed by atoms with E-state index in [9.17, 15) is 0 Å². The molecule has 0 N–H and O–H groups in total. The summed E-state index contributed by atoms with van der Waals surface area (Å²) < 4.78 is 14.7. The van der Waals surface area contributed by atoms with Gasteiger partial charge < -0.3 is 9.31 Å². The lowest BCUT2D eigenvalue weighted by atomic mass is 9.79. The maximum Gasteiger partial charge on any atom is 0.494 e. The van der Waals surface area contributed by atoms with Crippen LogP contribution in [-0.2, 0) is 9.31 Å². The Morgan fingerprint density at radius 3 is 1.84 bits per heavy atom. The molecule has 0 unspecified atom stereocenters. The van der Waals surface area contributed by atoms with Crippen LogP contribution < -0.4 is 5.46 Å². The molecular formula is C27H35BN2O2. The van der Waals surface area contributed by atoms with Gasteiger partial charge in [-0.3, -0.25) is 4.57 Å². The summed E-state index contributed by atoms with van der Waals surface area (Å²) >= 11 is 0. The highest BCUT2D eigenvalue weighted by atomic mass is 16.7. The average Bonchev–Trinajstić information content (AvgIpc) is 3.29. The van der Waals surface area contributed by atoms with Crippen LogP contribution in [-0.4, -0.2) is 27.9 Å². The van der Waals surface area contributed by atoms with Gasteiger partial charge in [0.05, 0.1) is 16.9 Å². The standard InChI is InChI=1S/C27H35BN2O2/c1-18(2)22-10-9-11-23(19(3)4)24(22)30-17-16-29-25(30)20-12-14-21(15-13-20)28-31-26(5,6)27(7,8)32-28/h9-19H,1-8H3. The van der Waals surface area contributed by atoms with Crippen LogP contribution in [0.4, 0.5) is 0 Å². The lowest BCUT2D eigenvalue weighted by Gasteiger charge is -2.32. The number of benzene rings is 2. The summed E-state index contributed by atoms with van der Waals surface area (Å²) in [6.45, 7) is 17.3. The van der Waals surface area contributed by atoms with Gasteiger partial charge in [-0.15, -0.1) is 0 Å². The first-order valence-electron chi connectivity index (χ1n) is 11.6. The van der Waals surface area contributed by atoms with E-state index >= 15 is 0 Å². The molecule has 1 fully saturated rings. The van der Waals surface area contributed by atoms with Gasteiger partial charge in [-0.25, -0.2) is 4.98 Å². The Hall–Kier alpha value is -2.37. The third-order valence-electron chi connectivity index (χ3n) is 6.92. The van der Waals surface area contributed by atoms with Crippen LogP contribution >= 0.6 is 0 Å². The molecule has 2 heterocycles. The number of nitrogens with zero attached hydrogens (tertiary/aromatic N) is 2. The molecule has 0 bridgehead atoms. The maximum absolute atomic E-state index is 6.21. The number of hydrogen-bond donors (Lipinski definition) is 0. The fourth-order valence-electron chi connectivity index (χ4n) is 4.26. The zero-order valence-corrected chi connectivity index (χ0v) is 20.6. The largest absolute Gasteiger partial charge is 0.494 e. The van der Waals surface area contributed by atoms with Crippen LogP contribution in [0.5, 0.6) is 0 Å². The van der Waals surface area contributed by atoms with Gasteiger partial charge in [0, 0.05) is 18.0 Å². The molecule has 0 spiro atoms. The van der Waals surface area contributed by atoms with E-state index in [0.29, 0.717) is 11.8 Å². The molecule has 1 aromatic heterocycles. The van der Waals surface area contributed by atoms with Crippen LogP contribution in [0, 0.1) is 0 Å². The first-order valence-corrected chi connectivity index (χ1v) is 11.6. The quantitative estimate of drug-likeness (QED) is 0.460. The molecule has 168 valence electrons. The molecule has 5 heteroatoms. The lowest BCUT2D eigenvalue weighted by Crippen LogP contribution is -2.41. The summed E-state index contributed by atoms with van der Waals surface area (Å²) in [4.78, 5) is 4.74. The van der Waals surface area contributed by atoms with Gasteiger partial charge in [0.1, 0.15) is 5.82 Å². The van der Waals surface area contributed by atoms with E-state index in [1.807, 2.05) is 6.20 Å². The molecule has 0 atom stereocenters. The molecule has 4 nitrogen and oxygen atoms in total. The summed E-state index contributed by atoms with van der Waals surface area (Å²) in [5.74, 6) is 1.79. The van der Waals surface area contributed by atoms with Gasteiger partial charge >= 0.3 is 7.12 Å². The lowest BCUT2D eigenvalue weighted by molar-refractivity contribution is 0.00578. The molecule has 4 rings (SSSR count). The van der Waals surface area contributed by atoms with Gasteiger partial charge in [0.2, 0.25) is 0 Å². The van der Waals surface area contributed by atoms with E-state index in [0.717, 1.165) is 16.9 Å². The van der Waals surface area contributed by atoms with Crippen LogP contribution in [0.1, 0.15) is 78.4 Å². The highest BCUT2D eigenvalue weighted by molar-refractivity contribution is 6.62. The highest BCUT2D eigenvalue weighted by Gasteiger charge is 2.51. The van der Waals surface area contributed by atoms with E-state index in [1.54, 1.807) is 0 Å². The minimum atomic E-state index is -0.358. The van der Waals surface area contributed by atoms with Crippen molar-refractivity contribution in [1.82, 2.24) is 9.55 Å². The second-order valence-electron chi connectivity index (χ2n) is 10.4. The molecule has 0 saturated carbocycles. The second kappa shape index (κ2) is 8.20. The predicted molar refractivity (Wildman–Crippen MR) is 133 cm³/mol. The fourth-order valence-corrected chi connectivity index (χ4v) is 4.26. The van der Waals surface area contributed by atoms with Crippen LogP contribution in [0.25, 0.3) is 17.1 Å². The average molecular weight is 430 g/mol. The first-order chi connectivity index (χ1) is 15.0. The summed E-state index contributed by atoms with van der Waals surface area (Å²) in [6, 6.07) is 15.1. The van der Waals surface area contributed by atoms with Crippen LogP contribution in [0.15, 0.2) is 54.9 Å². The van der Waals surface area contributed by atoms with Gasteiger partial charge in [-0.1, -0.05) is 70.2 Å². The Kier molecular flexibility index (Phi) is 5.85. The molecule has 1 saturated heterocycles. The third-order valence-corrected chi connectivity index (χ3v) is 6.92.